The Labute approximate surface area is 228 Å². The molecule has 4 atom stereocenters. The minimum absolute atomic E-state index is 0.00581. The Bertz CT molecular complexity index is 1180. The monoisotopic (exact) mass is 644 g/mol. The summed E-state index contributed by atoms with van der Waals surface area (Å²) in [6.07, 6.45) is 0.852. The second-order valence-electron chi connectivity index (χ2n) is 8.35. The van der Waals surface area contributed by atoms with Gasteiger partial charge < -0.3 is 4.74 Å². The van der Waals surface area contributed by atoms with E-state index in [0.29, 0.717) is 23.6 Å². The van der Waals surface area contributed by atoms with Gasteiger partial charge >= 0.3 is 0 Å². The fourth-order valence-electron chi connectivity index (χ4n) is 4.37. The van der Waals surface area contributed by atoms with Gasteiger partial charge in [0, 0.05) is 20.2 Å². The van der Waals surface area contributed by atoms with Gasteiger partial charge in [0.2, 0.25) is 0 Å². The molecular weight excluding hydrogens is 627 g/mol. The van der Waals surface area contributed by atoms with Crippen molar-refractivity contribution in [1.29, 1.82) is 0 Å². The molecule has 2 aliphatic rings. The van der Waals surface area contributed by atoms with Crippen LogP contribution in [0.3, 0.4) is 0 Å². The second-order valence-corrected chi connectivity index (χ2v) is 11.5. The summed E-state index contributed by atoms with van der Waals surface area (Å²) < 4.78 is 5.18. The molecule has 0 aromatic heterocycles. The second kappa shape index (κ2) is 10.6. The summed E-state index contributed by atoms with van der Waals surface area (Å²) in [7, 11) is 1.47. The number of Topliss-reactive ketones (excluding diaryl/α,β-unsaturated/α-hetero) is 1. The number of ether oxygens (including phenoxy) is 1. The highest BCUT2D eigenvalue weighted by Crippen LogP contribution is 2.44. The Hall–Kier alpha value is -1.94. The normalized spacial score (nSPS) is 23.7. The van der Waals surface area contributed by atoms with Gasteiger partial charge in [-0.05, 0) is 43.2 Å². The highest BCUT2D eigenvalue weighted by Gasteiger charge is 2.54. The van der Waals surface area contributed by atoms with Gasteiger partial charge in [0.25, 0.3) is 17.7 Å². The molecule has 1 heterocycles. The number of benzene rings is 2. The van der Waals surface area contributed by atoms with Gasteiger partial charge in [-0.2, -0.15) is 5.01 Å². The Morgan fingerprint density at radius 1 is 1.03 bits per heavy atom. The molecule has 1 aliphatic heterocycles. The Morgan fingerprint density at radius 3 is 2.23 bits per heavy atom. The van der Waals surface area contributed by atoms with Crippen LogP contribution in [0.4, 0.5) is 0 Å². The van der Waals surface area contributed by atoms with Gasteiger partial charge in [-0.25, -0.2) is 5.01 Å². The number of amides is 3. The van der Waals surface area contributed by atoms with Crippen LogP contribution in [0, 0.1) is 11.8 Å². The van der Waals surface area contributed by atoms with Gasteiger partial charge in [0.1, 0.15) is 12.3 Å². The maximum absolute atomic E-state index is 13.6. The number of rotatable bonds is 6. The molecule has 0 spiro atoms. The molecular formula is C24H20Br2Cl2N2O5. The summed E-state index contributed by atoms with van der Waals surface area (Å²) in [6, 6.07) is 10.7. The number of nitrogens with zero attached hydrogens (tertiary/aromatic N) is 2. The molecule has 0 unspecified atom stereocenters. The molecule has 0 bridgehead atoms. The summed E-state index contributed by atoms with van der Waals surface area (Å²) in [4.78, 5) is 53.7. The van der Waals surface area contributed by atoms with E-state index < -0.39 is 41.9 Å². The number of imide groups is 1. The summed E-state index contributed by atoms with van der Waals surface area (Å²) in [5, 5.41) is 2.08. The molecule has 2 aromatic carbocycles. The van der Waals surface area contributed by atoms with Crippen molar-refractivity contribution < 1.29 is 23.9 Å². The molecule has 35 heavy (non-hydrogen) atoms. The predicted molar refractivity (Wildman–Crippen MR) is 138 cm³/mol. The Kier molecular flexibility index (Phi) is 7.90. The zero-order chi connectivity index (χ0) is 25.4. The fraction of sp³-hybridized carbons (Fsp3) is 0.333. The summed E-state index contributed by atoms with van der Waals surface area (Å²) in [6.45, 7) is -0.544. The van der Waals surface area contributed by atoms with Crippen molar-refractivity contribution in [3.8, 4) is 5.75 Å². The number of carbonyl (C=O) groups excluding carboxylic acids is 4. The highest BCUT2D eigenvalue weighted by atomic mass is 79.9. The molecule has 2 aromatic rings. The highest BCUT2D eigenvalue weighted by molar-refractivity contribution is 9.12. The molecule has 0 N–H and O–H groups in total. The van der Waals surface area contributed by atoms with Crippen LogP contribution in [0.1, 0.15) is 33.6 Å². The van der Waals surface area contributed by atoms with Crippen LogP contribution in [0.15, 0.2) is 42.5 Å². The van der Waals surface area contributed by atoms with E-state index in [1.807, 2.05) is 0 Å². The number of halogens is 4. The van der Waals surface area contributed by atoms with Crippen LogP contribution < -0.4 is 4.74 Å². The zero-order valence-corrected chi connectivity index (χ0v) is 23.1. The average molecular weight is 647 g/mol. The lowest BCUT2D eigenvalue weighted by molar-refractivity contribution is -0.154. The van der Waals surface area contributed by atoms with Crippen molar-refractivity contribution in [3.63, 3.8) is 0 Å². The SMILES string of the molecule is COc1cccc(C(=O)CN(C(=O)c2ccc(Cl)cc2Cl)N2C(=O)[C@@H]3C[C@@H](Br)[C@@H](Br)C[C@H]3C2=O)c1. The third kappa shape index (κ3) is 5.14. The number of hydrogen-bond donors (Lipinski definition) is 0. The first kappa shape index (κ1) is 26.1. The molecule has 1 aliphatic carbocycles. The van der Waals surface area contributed by atoms with Crippen molar-refractivity contribution in [3.05, 3.63) is 63.6 Å². The number of hydrogen-bond acceptors (Lipinski definition) is 5. The van der Waals surface area contributed by atoms with E-state index in [0.717, 1.165) is 10.0 Å². The molecule has 2 fully saturated rings. The number of methoxy groups -OCH3 is 1. The zero-order valence-electron chi connectivity index (χ0n) is 18.4. The van der Waals surface area contributed by atoms with E-state index in [2.05, 4.69) is 31.9 Å². The Morgan fingerprint density at radius 2 is 1.66 bits per heavy atom. The summed E-state index contributed by atoms with van der Waals surface area (Å²) >= 11 is 19.4. The van der Waals surface area contributed by atoms with E-state index in [9.17, 15) is 19.2 Å². The number of carbonyl (C=O) groups is 4. The van der Waals surface area contributed by atoms with Crippen molar-refractivity contribution >= 4 is 78.6 Å². The molecule has 1 saturated heterocycles. The topological polar surface area (TPSA) is 84.0 Å². The summed E-state index contributed by atoms with van der Waals surface area (Å²) in [5.74, 6) is -2.99. The molecule has 0 radical (unpaired) electrons. The minimum atomic E-state index is -0.756. The van der Waals surface area contributed by atoms with Crippen LogP contribution in [0.25, 0.3) is 0 Å². The van der Waals surface area contributed by atoms with E-state index in [1.54, 1.807) is 18.2 Å². The van der Waals surface area contributed by atoms with E-state index >= 15 is 0 Å². The van der Waals surface area contributed by atoms with Crippen LogP contribution in [0.5, 0.6) is 5.75 Å². The molecule has 3 amide bonds. The van der Waals surface area contributed by atoms with Gasteiger partial charge in [-0.1, -0.05) is 67.2 Å². The number of fused-ring (bicyclic) bond motifs is 1. The van der Waals surface area contributed by atoms with Gasteiger partial charge in [0.05, 0.1) is 29.5 Å². The lowest BCUT2D eigenvalue weighted by Gasteiger charge is -2.30. The molecule has 1 saturated carbocycles. The van der Waals surface area contributed by atoms with E-state index in [4.69, 9.17) is 27.9 Å². The average Bonchev–Trinajstić information content (AvgIpc) is 3.06. The van der Waals surface area contributed by atoms with Gasteiger partial charge in [-0.3, -0.25) is 19.2 Å². The quantitative estimate of drug-likeness (QED) is 0.246. The van der Waals surface area contributed by atoms with Crippen molar-refractivity contribution in [1.82, 2.24) is 10.0 Å². The van der Waals surface area contributed by atoms with Gasteiger partial charge in [0.15, 0.2) is 5.78 Å². The molecule has 184 valence electrons. The minimum Gasteiger partial charge on any atom is -0.497 e. The van der Waals surface area contributed by atoms with Crippen molar-refractivity contribution in [2.75, 3.05) is 13.7 Å². The van der Waals surface area contributed by atoms with E-state index in [1.165, 1.54) is 31.4 Å². The predicted octanol–water partition coefficient (Wildman–Crippen LogP) is 5.16. The molecule has 7 nitrogen and oxygen atoms in total. The van der Waals surface area contributed by atoms with E-state index in [-0.39, 0.29) is 25.8 Å². The van der Waals surface area contributed by atoms with Crippen molar-refractivity contribution in [2.45, 2.75) is 22.5 Å². The maximum Gasteiger partial charge on any atom is 0.274 e. The van der Waals surface area contributed by atoms with Crippen LogP contribution in [0.2, 0.25) is 10.0 Å². The Balaban J connectivity index is 1.72. The number of alkyl halides is 2. The van der Waals surface area contributed by atoms with Gasteiger partial charge in [-0.15, -0.1) is 0 Å². The molecule has 4 rings (SSSR count). The van der Waals surface area contributed by atoms with Crippen molar-refractivity contribution in [2.24, 2.45) is 11.8 Å². The maximum atomic E-state index is 13.6. The first-order chi connectivity index (χ1) is 16.6. The van der Waals surface area contributed by atoms with Crippen LogP contribution in [-0.2, 0) is 9.59 Å². The first-order valence-corrected chi connectivity index (χ1v) is 13.3. The largest absolute Gasteiger partial charge is 0.497 e. The lowest BCUT2D eigenvalue weighted by atomic mass is 9.81. The lowest BCUT2D eigenvalue weighted by Crippen LogP contribution is -2.52. The third-order valence-corrected chi connectivity index (χ3v) is 9.49. The molecule has 11 heteroatoms. The number of ketones is 1. The third-order valence-electron chi connectivity index (χ3n) is 6.21. The number of hydrazine groups is 1. The first-order valence-electron chi connectivity index (χ1n) is 10.7. The van der Waals surface area contributed by atoms with Crippen LogP contribution >= 0.6 is 55.1 Å². The smallest absolute Gasteiger partial charge is 0.274 e. The fourth-order valence-corrected chi connectivity index (χ4v) is 6.10. The standard InChI is InChI=1S/C24H20Br2Cl2N2O5/c1-35-14-4-2-3-12(7-14)21(31)11-29(22(32)15-6-5-13(27)8-20(15)28)30-23(33)16-9-18(25)19(26)10-17(16)24(30)34/h2-8,16-19H,9-11H2,1H3/t16-,17-,18-,19+/m1/s1. The van der Waals surface area contributed by atoms with Crippen LogP contribution in [-0.4, -0.2) is 56.8 Å². The summed E-state index contributed by atoms with van der Waals surface area (Å²) in [5.41, 5.74) is 0.281.